The van der Waals surface area contributed by atoms with Gasteiger partial charge in [-0.05, 0) is 123 Å². The van der Waals surface area contributed by atoms with Gasteiger partial charge < -0.3 is 64.6 Å². The molecule has 0 saturated heterocycles. The number of unbranched alkanes of at least 4 members (excludes halogenated alkanes) is 2. The van der Waals surface area contributed by atoms with E-state index in [9.17, 15) is 59.7 Å². The van der Waals surface area contributed by atoms with E-state index in [0.29, 0.717) is 41.7 Å². The number of hydrogen-bond donors (Lipinski definition) is 13. The molecular weight excluding hydrogens is 1210 g/mol. The highest BCUT2D eigenvalue weighted by Crippen LogP contribution is 2.29. The Kier molecular flexibility index (Phi) is 30.3. The zero-order chi connectivity index (χ0) is 67.6. The Morgan fingerprint density at radius 1 is 0.582 bits per heavy atom. The van der Waals surface area contributed by atoms with Gasteiger partial charge in [0.2, 0.25) is 57.3 Å². The van der Waals surface area contributed by atoms with Crippen molar-refractivity contribution in [1.82, 2.24) is 41.9 Å². The molecule has 0 radical (unpaired) electrons. The molecule has 4 rings (SSSR count). The van der Waals surface area contributed by atoms with Crippen LogP contribution in [0.2, 0.25) is 0 Å². The van der Waals surface area contributed by atoms with Crippen molar-refractivity contribution in [2.75, 3.05) is 57.0 Å². The highest BCUT2D eigenvalue weighted by Gasteiger charge is 2.36. The standard InChI is InChI=1S/C61H91N15O13S2/c1-9-39(6)55(59(82)67-36-51(64)77)73-61(84)54(38(4)5)72-57(80)48(19-10-12-32-62)70-60(83)53(37(2)3)71-58(81)49(30-31-52(78)66-35-34-65-47-20-14-17-45-44(47)16-15-21-50(45)91(87,88)89)69-56(79)46(63)18-11-13-33-68-90(85,86)43-28-24-41(25-29-43)75-74-40-22-26-42(27-23-40)76(7)8/h14-17,20-29,37-39,46,48-49,53-55,65,68H,9-13,18-19,30-36,62-63H2,1-8H3,(H2,64,77)(H,66,78)(H,67,82)(H,69,79)(H,70,83)(H,71,81)(H,72,80)(H,73,84)(H,87,88,89)/b75-74+/t39?,46-,48-,49-,53-,54-,55-/m0/s1. The number of azo groups is 1. The lowest BCUT2D eigenvalue weighted by molar-refractivity contribution is -0.136. The van der Waals surface area contributed by atoms with Crippen molar-refractivity contribution >= 4 is 101 Å². The summed E-state index contributed by atoms with van der Waals surface area (Å²) in [5.41, 5.74) is 19.9. The molecule has 0 saturated carbocycles. The minimum Gasteiger partial charge on any atom is -0.383 e. The van der Waals surface area contributed by atoms with Gasteiger partial charge in [0, 0.05) is 62.3 Å². The van der Waals surface area contributed by atoms with E-state index in [0.717, 1.165) is 5.69 Å². The third kappa shape index (κ3) is 24.5. The van der Waals surface area contributed by atoms with Crippen LogP contribution in [0.25, 0.3) is 10.8 Å². The first-order valence-electron chi connectivity index (χ1n) is 30.3. The average Bonchev–Trinajstić information content (AvgIpc) is 0.836. The van der Waals surface area contributed by atoms with E-state index in [1.165, 1.54) is 36.4 Å². The minimum atomic E-state index is -4.53. The number of amides is 8. The van der Waals surface area contributed by atoms with Crippen LogP contribution in [-0.4, -0.2) is 152 Å². The lowest BCUT2D eigenvalue weighted by Crippen LogP contribution is -2.61. The van der Waals surface area contributed by atoms with Crippen LogP contribution in [0.15, 0.2) is 105 Å². The number of rotatable bonds is 39. The molecule has 0 spiro atoms. The van der Waals surface area contributed by atoms with Crippen LogP contribution in [0, 0.1) is 17.8 Å². The van der Waals surface area contributed by atoms with Gasteiger partial charge in [-0.15, -0.1) is 0 Å². The van der Waals surface area contributed by atoms with Gasteiger partial charge in [0.05, 0.1) is 28.9 Å². The quantitative estimate of drug-likeness (QED) is 0.0173. The molecule has 0 aliphatic carbocycles. The second-order valence-corrected chi connectivity index (χ2v) is 26.1. The van der Waals surface area contributed by atoms with E-state index < -0.39 is 128 Å². The summed E-state index contributed by atoms with van der Waals surface area (Å²) in [5.74, 6) is -7.44. The maximum Gasteiger partial charge on any atom is 0.295 e. The summed E-state index contributed by atoms with van der Waals surface area (Å²) in [7, 11) is -4.63. The van der Waals surface area contributed by atoms with Crippen LogP contribution in [0.3, 0.4) is 0 Å². The molecule has 0 aliphatic rings. The molecule has 30 heteroatoms. The molecule has 8 amide bonds. The monoisotopic (exact) mass is 1310 g/mol. The summed E-state index contributed by atoms with van der Waals surface area (Å²) in [6.45, 7) is 10.2. The second-order valence-electron chi connectivity index (χ2n) is 23.0. The first-order chi connectivity index (χ1) is 43.0. The molecule has 4 aromatic carbocycles. The summed E-state index contributed by atoms with van der Waals surface area (Å²) in [5, 5.41) is 30.9. The summed E-state index contributed by atoms with van der Waals surface area (Å²) < 4.78 is 62.7. The fraction of sp³-hybridized carbons (Fsp3) is 0.508. The fourth-order valence-corrected chi connectivity index (χ4v) is 11.1. The number of primary amides is 1. The molecule has 1 unspecified atom stereocenters. The molecule has 16 N–H and O–H groups in total. The van der Waals surface area contributed by atoms with Gasteiger partial charge in [0.15, 0.2) is 0 Å². The molecule has 0 aromatic heterocycles. The van der Waals surface area contributed by atoms with Gasteiger partial charge in [-0.1, -0.05) is 78.6 Å². The van der Waals surface area contributed by atoms with Crippen molar-refractivity contribution in [1.29, 1.82) is 0 Å². The van der Waals surface area contributed by atoms with Crippen LogP contribution in [0.1, 0.15) is 99.3 Å². The molecule has 0 bridgehead atoms. The predicted octanol–water partition coefficient (Wildman–Crippen LogP) is 2.86. The molecule has 4 aromatic rings. The lowest BCUT2D eigenvalue weighted by Gasteiger charge is -2.30. The number of nitrogens with zero attached hydrogens (tertiary/aromatic N) is 3. The molecule has 7 atom stereocenters. The van der Waals surface area contributed by atoms with Crippen LogP contribution in [-0.2, 0) is 58.5 Å². The first-order valence-corrected chi connectivity index (χ1v) is 33.2. The predicted molar refractivity (Wildman–Crippen MR) is 347 cm³/mol. The number of nitrogens with one attached hydrogen (secondary N) is 9. The van der Waals surface area contributed by atoms with E-state index in [4.69, 9.17) is 17.2 Å². The van der Waals surface area contributed by atoms with E-state index in [1.807, 2.05) is 50.2 Å². The maximum atomic E-state index is 14.4. The van der Waals surface area contributed by atoms with E-state index in [-0.39, 0.29) is 79.9 Å². The zero-order valence-corrected chi connectivity index (χ0v) is 54.5. The summed E-state index contributed by atoms with van der Waals surface area (Å²) in [4.78, 5) is 110. The van der Waals surface area contributed by atoms with E-state index >= 15 is 0 Å². The maximum absolute atomic E-state index is 14.4. The fourth-order valence-electron chi connectivity index (χ4n) is 9.34. The van der Waals surface area contributed by atoms with Crippen molar-refractivity contribution in [3.63, 3.8) is 0 Å². The number of fused-ring (bicyclic) bond motifs is 1. The number of hydrogen-bond acceptors (Lipinski definition) is 18. The van der Waals surface area contributed by atoms with Crippen molar-refractivity contribution in [2.24, 2.45) is 45.2 Å². The van der Waals surface area contributed by atoms with Crippen molar-refractivity contribution < 1.29 is 59.7 Å². The summed E-state index contributed by atoms with van der Waals surface area (Å²) in [6, 6.07) is 14.9. The van der Waals surface area contributed by atoms with Gasteiger partial charge in [0.1, 0.15) is 35.1 Å². The Bertz CT molecular complexity index is 3370. The molecule has 91 heavy (non-hydrogen) atoms. The van der Waals surface area contributed by atoms with Crippen molar-refractivity contribution in [3.05, 3.63) is 84.9 Å². The van der Waals surface area contributed by atoms with E-state index in [2.05, 4.69) is 57.5 Å². The lowest BCUT2D eigenvalue weighted by atomic mass is 9.96. The molecule has 0 fully saturated rings. The minimum absolute atomic E-state index is 0.00419. The Hall–Kier alpha value is -8.16. The molecule has 0 aliphatic heterocycles. The van der Waals surface area contributed by atoms with Gasteiger partial charge in [-0.25, -0.2) is 13.1 Å². The highest BCUT2D eigenvalue weighted by atomic mass is 32.2. The summed E-state index contributed by atoms with van der Waals surface area (Å²) >= 11 is 0. The van der Waals surface area contributed by atoms with Crippen molar-refractivity contribution in [2.45, 2.75) is 145 Å². The molecular formula is C61H91N15O13S2. The largest absolute Gasteiger partial charge is 0.383 e. The Morgan fingerprint density at radius 3 is 1.68 bits per heavy atom. The normalized spacial score (nSPS) is 14.1. The molecule has 0 heterocycles. The van der Waals surface area contributed by atoms with Crippen LogP contribution in [0.4, 0.5) is 22.7 Å². The van der Waals surface area contributed by atoms with Gasteiger partial charge in [-0.2, -0.15) is 18.6 Å². The van der Waals surface area contributed by atoms with Crippen LogP contribution in [0.5, 0.6) is 0 Å². The molecule has 28 nitrogen and oxygen atoms in total. The average molecular weight is 1310 g/mol. The van der Waals surface area contributed by atoms with Crippen molar-refractivity contribution in [3.8, 4) is 0 Å². The van der Waals surface area contributed by atoms with Gasteiger partial charge in [0.25, 0.3) is 10.1 Å². The number of anilines is 2. The topological polar surface area (TPSA) is 439 Å². The van der Waals surface area contributed by atoms with Gasteiger partial charge >= 0.3 is 0 Å². The number of carbonyl (C=O) groups is 8. The van der Waals surface area contributed by atoms with Crippen LogP contribution < -0.4 is 69.4 Å². The highest BCUT2D eigenvalue weighted by molar-refractivity contribution is 7.89. The smallest absolute Gasteiger partial charge is 0.295 e. The third-order valence-corrected chi connectivity index (χ3v) is 17.3. The first kappa shape index (κ1) is 75.3. The molecule has 500 valence electrons. The van der Waals surface area contributed by atoms with E-state index in [1.54, 1.807) is 58.9 Å². The second kappa shape index (κ2) is 36.6. The Balaban J connectivity index is 1.46. The number of carbonyl (C=O) groups excluding carboxylic acids is 8. The Labute approximate surface area is 532 Å². The zero-order valence-electron chi connectivity index (χ0n) is 52.9. The third-order valence-electron chi connectivity index (χ3n) is 14.9. The summed E-state index contributed by atoms with van der Waals surface area (Å²) in [6.07, 6.45) is 1.33. The Morgan fingerprint density at radius 2 is 1.12 bits per heavy atom. The number of benzene rings is 4. The SMILES string of the molecule is CCC(C)[C@H](NC(=O)[C@@H](NC(=O)[C@H](CCCCN)NC(=O)[C@@H](NC(=O)[C@H](CCC(=O)NCCNc1cccc2c(S(=O)(=O)O)cccc12)NC(=O)[C@@H](N)CCCCNS(=O)(=O)c1ccc(/N=N/c2ccc(N(C)C)cc2)cc1)C(C)C)C(C)C)C(=O)NCC(N)=O. The number of sulfonamides is 1. The van der Waals surface area contributed by atoms with Gasteiger partial charge in [-0.3, -0.25) is 42.9 Å². The van der Waals surface area contributed by atoms with Crippen LogP contribution >= 0.6 is 0 Å². The number of nitrogens with two attached hydrogens (primary N) is 3.